The average molecular weight is 285 g/mol. The van der Waals surface area contributed by atoms with Crippen LogP contribution in [0.5, 0.6) is 0 Å². The van der Waals surface area contributed by atoms with Gasteiger partial charge in [0, 0.05) is 12.6 Å². The van der Waals surface area contributed by atoms with Crippen LogP contribution in [0.15, 0.2) is 0 Å². The van der Waals surface area contributed by atoms with Crippen LogP contribution in [-0.2, 0) is 19.9 Å². The molecule has 1 aliphatic rings. The molecule has 6 nitrogen and oxygen atoms in total. The summed E-state index contributed by atoms with van der Waals surface area (Å²) < 4.78 is 48.6. The van der Waals surface area contributed by atoms with Crippen LogP contribution in [0.4, 0.5) is 0 Å². The van der Waals surface area contributed by atoms with Crippen molar-refractivity contribution in [1.82, 2.24) is 4.72 Å². The van der Waals surface area contributed by atoms with Crippen LogP contribution in [0, 0.1) is 0 Å². The van der Waals surface area contributed by atoms with Gasteiger partial charge in [0.2, 0.25) is 10.0 Å². The molecule has 0 bridgehead atoms. The molecule has 0 saturated carbocycles. The van der Waals surface area contributed by atoms with Crippen LogP contribution in [0.3, 0.4) is 0 Å². The van der Waals surface area contributed by atoms with Gasteiger partial charge in [-0.05, 0) is 26.2 Å². The van der Waals surface area contributed by atoms with Crippen molar-refractivity contribution < 1.29 is 21.9 Å². The van der Waals surface area contributed by atoms with Crippen LogP contribution in [-0.4, -0.2) is 51.3 Å². The second-order valence-corrected chi connectivity index (χ2v) is 8.68. The summed E-state index contributed by atoms with van der Waals surface area (Å²) >= 11 is 0. The van der Waals surface area contributed by atoms with E-state index in [4.69, 9.17) is 5.11 Å². The summed E-state index contributed by atoms with van der Waals surface area (Å²) in [7, 11) is -6.76. The van der Waals surface area contributed by atoms with Crippen molar-refractivity contribution in [1.29, 1.82) is 0 Å². The molecule has 1 fully saturated rings. The molecular weight excluding hydrogens is 266 g/mol. The van der Waals surface area contributed by atoms with E-state index in [2.05, 4.69) is 4.72 Å². The van der Waals surface area contributed by atoms with Gasteiger partial charge in [0.25, 0.3) is 0 Å². The number of aliphatic hydroxyl groups excluding tert-OH is 1. The first kappa shape index (κ1) is 14.9. The average Bonchev–Trinajstić information content (AvgIpc) is 2.56. The summed E-state index contributed by atoms with van der Waals surface area (Å²) in [5.41, 5.74) is 0. The van der Waals surface area contributed by atoms with Gasteiger partial charge in [-0.25, -0.2) is 21.6 Å². The number of sulfone groups is 1. The molecule has 2 unspecified atom stereocenters. The number of rotatable bonds is 6. The predicted molar refractivity (Wildman–Crippen MR) is 64.9 cm³/mol. The normalized spacial score (nSPS) is 25.9. The summed E-state index contributed by atoms with van der Waals surface area (Å²) in [6, 6.07) is -0.282. The first-order chi connectivity index (χ1) is 7.77. The van der Waals surface area contributed by atoms with E-state index in [-0.39, 0.29) is 30.6 Å². The fourth-order valence-electron chi connectivity index (χ4n) is 1.84. The van der Waals surface area contributed by atoms with Crippen molar-refractivity contribution in [3.05, 3.63) is 0 Å². The zero-order chi connectivity index (χ0) is 13.1. The third-order valence-electron chi connectivity index (χ3n) is 2.79. The summed E-state index contributed by atoms with van der Waals surface area (Å²) in [5.74, 6) is -0.335. The van der Waals surface area contributed by atoms with Crippen molar-refractivity contribution in [2.75, 3.05) is 18.1 Å². The van der Waals surface area contributed by atoms with Gasteiger partial charge in [-0.3, -0.25) is 0 Å². The third kappa shape index (κ3) is 4.53. The molecule has 8 heteroatoms. The van der Waals surface area contributed by atoms with E-state index in [1.807, 2.05) is 0 Å². The van der Waals surface area contributed by atoms with Crippen LogP contribution in [0.25, 0.3) is 0 Å². The smallest absolute Gasteiger partial charge is 0.215 e. The highest BCUT2D eigenvalue weighted by atomic mass is 32.2. The van der Waals surface area contributed by atoms with E-state index < -0.39 is 25.1 Å². The number of hydrogen-bond acceptors (Lipinski definition) is 5. The topological polar surface area (TPSA) is 101 Å². The fraction of sp³-hybridized carbons (Fsp3) is 1.00. The van der Waals surface area contributed by atoms with E-state index >= 15 is 0 Å². The fourth-order valence-corrected chi connectivity index (χ4v) is 6.17. The Balaban J connectivity index is 2.58. The lowest BCUT2D eigenvalue weighted by Crippen LogP contribution is -2.40. The quantitative estimate of drug-likeness (QED) is 0.669. The van der Waals surface area contributed by atoms with Crippen molar-refractivity contribution in [2.45, 2.75) is 37.5 Å². The Morgan fingerprint density at radius 3 is 2.59 bits per heavy atom. The second-order valence-electron chi connectivity index (χ2n) is 4.45. The van der Waals surface area contributed by atoms with Gasteiger partial charge < -0.3 is 5.11 Å². The molecule has 0 radical (unpaired) electrons. The van der Waals surface area contributed by atoms with Gasteiger partial charge >= 0.3 is 0 Å². The molecule has 0 spiro atoms. The Bertz CT molecular complexity index is 442. The van der Waals surface area contributed by atoms with E-state index in [1.54, 1.807) is 6.92 Å². The Morgan fingerprint density at radius 1 is 1.47 bits per heavy atom. The van der Waals surface area contributed by atoms with E-state index in [0.29, 0.717) is 12.8 Å². The predicted octanol–water partition coefficient (Wildman–Crippen LogP) is -0.746. The molecule has 102 valence electrons. The molecule has 0 aromatic heterocycles. The largest absolute Gasteiger partial charge is 0.396 e. The zero-order valence-electron chi connectivity index (χ0n) is 9.79. The molecule has 0 amide bonds. The molecule has 1 rings (SSSR count). The van der Waals surface area contributed by atoms with Gasteiger partial charge in [0.15, 0.2) is 9.84 Å². The van der Waals surface area contributed by atoms with Gasteiger partial charge in [0.05, 0.1) is 16.8 Å². The number of aliphatic hydroxyl groups is 1. The molecule has 1 heterocycles. The number of hydrogen-bond donors (Lipinski definition) is 2. The lowest BCUT2D eigenvalue weighted by molar-refractivity contribution is 0.279. The molecule has 0 aromatic carbocycles. The van der Waals surface area contributed by atoms with Crippen molar-refractivity contribution in [3.63, 3.8) is 0 Å². The minimum atomic E-state index is -3.57. The highest BCUT2D eigenvalue weighted by Crippen LogP contribution is 2.18. The van der Waals surface area contributed by atoms with Crippen molar-refractivity contribution in [2.24, 2.45) is 0 Å². The summed E-state index contributed by atoms with van der Waals surface area (Å²) in [6.45, 7) is 1.72. The molecule has 1 aliphatic heterocycles. The Kier molecular flexibility index (Phi) is 4.94. The van der Waals surface area contributed by atoms with Crippen LogP contribution in [0.2, 0.25) is 0 Å². The first-order valence-electron chi connectivity index (χ1n) is 5.59. The summed E-state index contributed by atoms with van der Waals surface area (Å²) in [4.78, 5) is 0. The monoisotopic (exact) mass is 285 g/mol. The van der Waals surface area contributed by atoms with Crippen molar-refractivity contribution >= 4 is 19.9 Å². The maximum absolute atomic E-state index is 11.9. The molecule has 0 aliphatic carbocycles. The Morgan fingerprint density at radius 2 is 2.12 bits per heavy atom. The standard InChI is InChI=1S/C9H19NO5S2/c1-8(3-2-5-11)10-17(14,15)9-4-6-16(12,13)7-9/h8-11H,2-7H2,1H3. The lowest BCUT2D eigenvalue weighted by Gasteiger charge is -2.16. The van der Waals surface area contributed by atoms with Gasteiger partial charge in [-0.2, -0.15) is 0 Å². The van der Waals surface area contributed by atoms with Crippen LogP contribution < -0.4 is 4.72 Å². The summed E-state index contributed by atoms with van der Waals surface area (Å²) in [5, 5.41) is 7.81. The molecule has 1 saturated heterocycles. The lowest BCUT2D eigenvalue weighted by atomic mass is 10.2. The maximum atomic E-state index is 11.9. The van der Waals surface area contributed by atoms with Crippen LogP contribution >= 0.6 is 0 Å². The third-order valence-corrected chi connectivity index (χ3v) is 6.78. The van der Waals surface area contributed by atoms with Gasteiger partial charge in [0.1, 0.15) is 0 Å². The van der Waals surface area contributed by atoms with E-state index in [1.165, 1.54) is 0 Å². The SMILES string of the molecule is CC(CCCO)NS(=O)(=O)C1CCS(=O)(=O)C1. The van der Waals surface area contributed by atoms with Crippen LogP contribution in [0.1, 0.15) is 26.2 Å². The highest BCUT2D eigenvalue weighted by Gasteiger charge is 2.37. The Hall–Kier alpha value is -0.180. The Labute approximate surface area is 102 Å². The molecule has 0 aromatic rings. The van der Waals surface area contributed by atoms with Gasteiger partial charge in [-0.15, -0.1) is 0 Å². The minimum absolute atomic E-state index is 0.0177. The first-order valence-corrected chi connectivity index (χ1v) is 8.96. The zero-order valence-corrected chi connectivity index (χ0v) is 11.4. The van der Waals surface area contributed by atoms with E-state index in [9.17, 15) is 16.8 Å². The van der Waals surface area contributed by atoms with Gasteiger partial charge in [-0.1, -0.05) is 0 Å². The van der Waals surface area contributed by atoms with E-state index in [0.717, 1.165) is 0 Å². The number of nitrogens with one attached hydrogen (secondary N) is 1. The highest BCUT2D eigenvalue weighted by molar-refractivity contribution is 7.95. The molecule has 2 N–H and O–H groups in total. The molecule has 2 atom stereocenters. The number of sulfonamides is 1. The summed E-state index contributed by atoms with van der Waals surface area (Å²) in [6.07, 6.45) is 1.23. The molecule has 17 heavy (non-hydrogen) atoms. The van der Waals surface area contributed by atoms with Crippen molar-refractivity contribution in [3.8, 4) is 0 Å². The maximum Gasteiger partial charge on any atom is 0.215 e. The second kappa shape index (κ2) is 5.64. The minimum Gasteiger partial charge on any atom is -0.396 e. The molecular formula is C9H19NO5S2.